The van der Waals surface area contributed by atoms with E-state index in [2.05, 4.69) is 37.4 Å². The summed E-state index contributed by atoms with van der Waals surface area (Å²) in [4.78, 5) is 14.8. The second-order valence-electron chi connectivity index (χ2n) is 7.05. The Kier molecular flexibility index (Phi) is 4.62. The Labute approximate surface area is 138 Å². The van der Waals surface area contributed by atoms with Gasteiger partial charge >= 0.3 is 6.03 Å². The Morgan fingerprint density at radius 1 is 1.22 bits per heavy atom. The number of hydrogen-bond donors (Lipinski definition) is 2. The number of aliphatic hydroxyl groups excluding tert-OH is 1. The molecule has 23 heavy (non-hydrogen) atoms. The minimum Gasteiger partial charge on any atom is -0.393 e. The van der Waals surface area contributed by atoms with Gasteiger partial charge in [0.05, 0.1) is 6.10 Å². The van der Waals surface area contributed by atoms with Gasteiger partial charge in [0.2, 0.25) is 0 Å². The number of anilines is 1. The van der Waals surface area contributed by atoms with Gasteiger partial charge in [0, 0.05) is 23.7 Å². The van der Waals surface area contributed by atoms with Crippen molar-refractivity contribution in [3.05, 3.63) is 29.8 Å². The number of rotatable bonds is 3. The summed E-state index contributed by atoms with van der Waals surface area (Å²) in [5.74, 6) is 0. The Hall–Kier alpha value is -1.55. The van der Waals surface area contributed by atoms with Crippen LogP contribution in [-0.2, 0) is 5.41 Å². The van der Waals surface area contributed by atoms with Gasteiger partial charge in [-0.2, -0.15) is 0 Å². The van der Waals surface area contributed by atoms with Crippen LogP contribution in [0, 0.1) is 0 Å². The highest BCUT2D eigenvalue weighted by molar-refractivity contribution is 5.95. The number of amides is 2. The highest BCUT2D eigenvalue weighted by Crippen LogP contribution is 2.45. The smallest absolute Gasteiger partial charge is 0.322 e. The van der Waals surface area contributed by atoms with Crippen LogP contribution in [0.2, 0.25) is 0 Å². The molecule has 0 radical (unpaired) electrons. The summed E-state index contributed by atoms with van der Waals surface area (Å²) in [6.07, 6.45) is 5.21. The molecule has 1 aliphatic carbocycles. The Morgan fingerprint density at radius 3 is 2.52 bits per heavy atom. The number of carbonyl (C=O) groups excluding carboxylic acids is 1. The van der Waals surface area contributed by atoms with Crippen LogP contribution in [0.4, 0.5) is 10.5 Å². The molecule has 2 amide bonds. The van der Waals surface area contributed by atoms with Crippen LogP contribution >= 0.6 is 0 Å². The maximum Gasteiger partial charge on any atom is 0.322 e. The first-order valence-corrected chi connectivity index (χ1v) is 8.95. The van der Waals surface area contributed by atoms with Gasteiger partial charge in [-0.05, 0) is 50.2 Å². The normalized spacial score (nSPS) is 26.0. The second kappa shape index (κ2) is 6.52. The van der Waals surface area contributed by atoms with Crippen molar-refractivity contribution in [1.29, 1.82) is 0 Å². The lowest BCUT2D eigenvalue weighted by molar-refractivity contribution is 0.118. The Balaban J connectivity index is 1.77. The third-order valence-electron chi connectivity index (χ3n) is 5.85. The van der Waals surface area contributed by atoms with E-state index in [1.807, 2.05) is 11.0 Å². The number of aliphatic hydroxyl groups is 1. The number of para-hydroxylation sites is 1. The molecule has 4 nitrogen and oxygen atoms in total. The van der Waals surface area contributed by atoms with Crippen molar-refractivity contribution in [2.24, 2.45) is 0 Å². The lowest BCUT2D eigenvalue weighted by Crippen LogP contribution is -2.47. The monoisotopic (exact) mass is 316 g/mol. The van der Waals surface area contributed by atoms with Crippen molar-refractivity contribution < 1.29 is 9.90 Å². The Bertz CT molecular complexity index is 560. The summed E-state index contributed by atoms with van der Waals surface area (Å²) in [6.45, 7) is 5.19. The summed E-state index contributed by atoms with van der Waals surface area (Å²) < 4.78 is 0. The number of carbonyl (C=O) groups is 1. The molecule has 1 saturated carbocycles. The van der Waals surface area contributed by atoms with Gasteiger partial charge in [-0.15, -0.1) is 0 Å². The molecular weight excluding hydrogens is 288 g/mol. The fraction of sp³-hybridized carbons (Fsp3) is 0.632. The molecule has 0 bridgehead atoms. The SMILES string of the molecule is CCC1(CC)CN(C(=O)NC2CCC(O)CC2)c2ccccc21. The highest BCUT2D eigenvalue weighted by atomic mass is 16.3. The van der Waals surface area contributed by atoms with Crippen molar-refractivity contribution in [1.82, 2.24) is 5.32 Å². The molecular formula is C19H28N2O2. The van der Waals surface area contributed by atoms with Gasteiger partial charge in [-0.25, -0.2) is 4.79 Å². The van der Waals surface area contributed by atoms with Gasteiger partial charge in [0.15, 0.2) is 0 Å². The van der Waals surface area contributed by atoms with Gasteiger partial charge < -0.3 is 10.4 Å². The molecule has 0 atom stereocenters. The van der Waals surface area contributed by atoms with E-state index in [1.54, 1.807) is 0 Å². The zero-order chi connectivity index (χ0) is 16.4. The van der Waals surface area contributed by atoms with Crippen LogP contribution in [0.1, 0.15) is 57.9 Å². The predicted molar refractivity (Wildman–Crippen MR) is 92.8 cm³/mol. The van der Waals surface area contributed by atoms with Crippen molar-refractivity contribution in [2.75, 3.05) is 11.4 Å². The number of urea groups is 1. The van der Waals surface area contributed by atoms with E-state index in [9.17, 15) is 9.90 Å². The molecule has 1 fully saturated rings. The molecule has 0 aromatic heterocycles. The van der Waals surface area contributed by atoms with E-state index >= 15 is 0 Å². The zero-order valence-electron chi connectivity index (χ0n) is 14.2. The summed E-state index contributed by atoms with van der Waals surface area (Å²) in [7, 11) is 0. The second-order valence-corrected chi connectivity index (χ2v) is 7.05. The molecule has 3 rings (SSSR count). The number of nitrogens with one attached hydrogen (secondary N) is 1. The third kappa shape index (κ3) is 2.97. The van der Waals surface area contributed by atoms with E-state index in [0.29, 0.717) is 0 Å². The molecule has 1 aromatic carbocycles. The fourth-order valence-corrected chi connectivity index (χ4v) is 4.14. The minimum absolute atomic E-state index is 0.0163. The van der Waals surface area contributed by atoms with Crippen molar-refractivity contribution in [3.63, 3.8) is 0 Å². The molecule has 0 saturated heterocycles. The summed E-state index contributed by atoms with van der Waals surface area (Å²) in [5.41, 5.74) is 2.44. The molecule has 2 aliphatic rings. The van der Waals surface area contributed by atoms with Crippen LogP contribution in [0.25, 0.3) is 0 Å². The van der Waals surface area contributed by atoms with E-state index in [-0.39, 0.29) is 23.6 Å². The molecule has 1 aliphatic heterocycles. The van der Waals surface area contributed by atoms with Gasteiger partial charge in [-0.3, -0.25) is 4.90 Å². The fourth-order valence-electron chi connectivity index (χ4n) is 4.14. The van der Waals surface area contributed by atoms with Crippen LogP contribution in [0.3, 0.4) is 0 Å². The van der Waals surface area contributed by atoms with Crippen LogP contribution in [0.5, 0.6) is 0 Å². The minimum atomic E-state index is -0.191. The number of fused-ring (bicyclic) bond motifs is 1. The van der Waals surface area contributed by atoms with Gasteiger partial charge in [0.25, 0.3) is 0 Å². The summed E-state index contributed by atoms with van der Waals surface area (Å²) in [6, 6.07) is 8.53. The van der Waals surface area contributed by atoms with Crippen molar-refractivity contribution in [2.45, 2.75) is 69.9 Å². The first-order valence-electron chi connectivity index (χ1n) is 8.95. The maximum atomic E-state index is 12.8. The van der Waals surface area contributed by atoms with Crippen LogP contribution in [-0.4, -0.2) is 29.8 Å². The summed E-state index contributed by atoms with van der Waals surface area (Å²) >= 11 is 0. The lowest BCUT2D eigenvalue weighted by Gasteiger charge is -2.30. The number of nitrogens with zero attached hydrogens (tertiary/aromatic N) is 1. The molecule has 1 aromatic rings. The quantitative estimate of drug-likeness (QED) is 0.895. The van der Waals surface area contributed by atoms with Gasteiger partial charge in [-0.1, -0.05) is 32.0 Å². The van der Waals surface area contributed by atoms with Crippen LogP contribution < -0.4 is 10.2 Å². The van der Waals surface area contributed by atoms with E-state index in [1.165, 1.54) is 5.56 Å². The number of benzene rings is 1. The average molecular weight is 316 g/mol. The van der Waals surface area contributed by atoms with Gasteiger partial charge in [0.1, 0.15) is 0 Å². The van der Waals surface area contributed by atoms with E-state index in [0.717, 1.165) is 50.8 Å². The first kappa shape index (κ1) is 16.3. The number of hydrogen-bond acceptors (Lipinski definition) is 2. The standard InChI is InChI=1S/C19H28N2O2/c1-3-19(4-2)13-21(17-8-6-5-7-16(17)19)18(23)20-14-9-11-15(22)12-10-14/h5-8,14-15,22H,3-4,9-13H2,1-2H3,(H,20,23). The maximum absolute atomic E-state index is 12.8. The largest absolute Gasteiger partial charge is 0.393 e. The third-order valence-corrected chi connectivity index (χ3v) is 5.85. The van der Waals surface area contributed by atoms with E-state index in [4.69, 9.17) is 0 Å². The zero-order valence-corrected chi connectivity index (χ0v) is 14.2. The van der Waals surface area contributed by atoms with Crippen LogP contribution in [0.15, 0.2) is 24.3 Å². The van der Waals surface area contributed by atoms with Crippen molar-refractivity contribution >= 4 is 11.7 Å². The van der Waals surface area contributed by atoms with E-state index < -0.39 is 0 Å². The van der Waals surface area contributed by atoms with Crippen molar-refractivity contribution in [3.8, 4) is 0 Å². The molecule has 4 heteroatoms. The summed E-state index contributed by atoms with van der Waals surface area (Å²) in [5, 5.41) is 12.8. The lowest BCUT2D eigenvalue weighted by atomic mass is 9.78. The molecule has 126 valence electrons. The molecule has 2 N–H and O–H groups in total. The molecule has 0 unspecified atom stereocenters. The predicted octanol–water partition coefficient (Wildman–Crippen LogP) is 3.58. The highest BCUT2D eigenvalue weighted by Gasteiger charge is 2.42. The topological polar surface area (TPSA) is 52.6 Å². The molecule has 1 heterocycles. The Morgan fingerprint density at radius 2 is 1.87 bits per heavy atom. The average Bonchev–Trinajstić information content (AvgIpc) is 2.92. The molecule has 0 spiro atoms. The first-order chi connectivity index (χ1) is 11.1.